The third kappa shape index (κ3) is 9.85. The fourth-order valence-corrected chi connectivity index (χ4v) is 14.1. The van der Waals surface area contributed by atoms with Crippen LogP contribution in [0.2, 0.25) is 19.6 Å². The largest absolute Gasteiger partial charge is 0.380 e. The van der Waals surface area contributed by atoms with E-state index < -0.39 is 8.32 Å². The van der Waals surface area contributed by atoms with Crippen molar-refractivity contribution in [2.24, 2.45) is 0 Å². The van der Waals surface area contributed by atoms with Gasteiger partial charge in [0, 0.05) is 10.5 Å². The fourth-order valence-electron chi connectivity index (χ4n) is 0.636. The van der Waals surface area contributed by atoms with Gasteiger partial charge in [-0.05, 0) is 19.6 Å². The molecule has 0 unspecified atom stereocenters. The van der Waals surface area contributed by atoms with Gasteiger partial charge in [-0.2, -0.15) is 0 Å². The minimum atomic E-state index is -1.37. The zero-order valence-electron chi connectivity index (χ0n) is 10.3. The monoisotopic (exact) mass is 270 g/mol. The molecule has 0 rings (SSSR count). The molecule has 0 radical (unpaired) electrons. The third-order valence-corrected chi connectivity index (χ3v) is 11.4. The third-order valence-electron chi connectivity index (χ3n) is 0.942. The number of rotatable bonds is 6. The lowest BCUT2D eigenvalue weighted by atomic mass is 10.6. The summed E-state index contributed by atoms with van der Waals surface area (Å²) in [5.74, 6) is 0. The van der Waals surface area contributed by atoms with Crippen molar-refractivity contribution in [2.45, 2.75) is 57.8 Å². The van der Waals surface area contributed by atoms with E-state index >= 15 is 0 Å². The molecule has 0 saturated heterocycles. The minimum Gasteiger partial charge on any atom is -0.380 e. The van der Waals surface area contributed by atoms with Gasteiger partial charge in [0.2, 0.25) is 0 Å². The first-order chi connectivity index (χ1) is 6.20. The summed E-state index contributed by atoms with van der Waals surface area (Å²) in [6.45, 7) is 15.4. The van der Waals surface area contributed by atoms with E-state index in [-0.39, 0.29) is 6.55 Å². The van der Waals surface area contributed by atoms with Crippen molar-refractivity contribution in [1.82, 2.24) is 0 Å². The smallest absolute Gasteiger partial charge is 0.190 e. The maximum absolute atomic E-state index is 6.19. The highest BCUT2D eigenvalue weighted by Crippen LogP contribution is 2.65. The van der Waals surface area contributed by atoms with Crippen LogP contribution in [-0.2, 0) is 4.21 Å². The van der Waals surface area contributed by atoms with Crippen LogP contribution >= 0.6 is 29.3 Å². The molecule has 0 aliphatic carbocycles. The molecule has 14 heavy (non-hydrogen) atoms. The second-order valence-corrected chi connectivity index (χ2v) is 16.4. The number of hydrogen-bond donors (Lipinski definition) is 0. The molecule has 0 spiro atoms. The average Bonchev–Trinajstić information content (AvgIpc) is 1.77. The Morgan fingerprint density at radius 1 is 0.929 bits per heavy atom. The molecule has 0 fully saturated rings. The van der Waals surface area contributed by atoms with E-state index in [0.717, 1.165) is 0 Å². The predicted octanol–water partition coefficient (Wildman–Crippen LogP) is 5.35. The van der Waals surface area contributed by atoms with Crippen LogP contribution < -0.4 is 0 Å². The van der Waals surface area contributed by atoms with Crippen LogP contribution in [0, 0.1) is 0 Å². The highest BCUT2D eigenvalue weighted by Gasteiger charge is 2.24. The van der Waals surface area contributed by atoms with Gasteiger partial charge in [0.1, 0.15) is 6.55 Å². The number of hydrogen-bond acceptors (Lipinski definition) is 3. The summed E-state index contributed by atoms with van der Waals surface area (Å²) in [6.07, 6.45) is 0. The molecular formula is C9H23OPS2Si. The van der Waals surface area contributed by atoms with Crippen LogP contribution in [0.5, 0.6) is 0 Å². The summed E-state index contributed by atoms with van der Waals surface area (Å²) in [7, 11) is -1.37. The van der Waals surface area contributed by atoms with Gasteiger partial charge in [0.05, 0.1) is 0 Å². The molecule has 0 aliphatic heterocycles. The van der Waals surface area contributed by atoms with Crippen molar-refractivity contribution in [3.63, 3.8) is 0 Å². The fraction of sp³-hybridized carbons (Fsp3) is 1.00. The van der Waals surface area contributed by atoms with Crippen LogP contribution in [0.15, 0.2) is 0 Å². The van der Waals surface area contributed by atoms with E-state index in [4.69, 9.17) is 4.21 Å². The van der Waals surface area contributed by atoms with Crippen molar-refractivity contribution in [1.29, 1.82) is 0 Å². The first-order valence-electron chi connectivity index (χ1n) is 5.03. The maximum Gasteiger partial charge on any atom is 0.190 e. The Morgan fingerprint density at radius 2 is 1.29 bits per heavy atom. The molecule has 0 atom stereocenters. The van der Waals surface area contributed by atoms with Gasteiger partial charge >= 0.3 is 0 Å². The van der Waals surface area contributed by atoms with Gasteiger partial charge in [0.15, 0.2) is 8.32 Å². The summed E-state index contributed by atoms with van der Waals surface area (Å²) in [6, 6.07) is 0. The van der Waals surface area contributed by atoms with Crippen LogP contribution in [-0.4, -0.2) is 18.8 Å². The van der Waals surface area contributed by atoms with Crippen molar-refractivity contribution >= 4 is 37.6 Å². The lowest BCUT2D eigenvalue weighted by Gasteiger charge is -2.26. The van der Waals surface area contributed by atoms with Crippen molar-refractivity contribution < 1.29 is 4.21 Å². The lowest BCUT2D eigenvalue weighted by molar-refractivity contribution is 0.643. The second-order valence-electron chi connectivity index (χ2n) is 4.74. The molecule has 1 nitrogen and oxygen atoms in total. The molecule has 0 N–H and O–H groups in total. The lowest BCUT2D eigenvalue weighted by Crippen LogP contribution is -2.21. The summed E-state index contributed by atoms with van der Waals surface area (Å²) >= 11 is 3.99. The summed E-state index contributed by atoms with van der Waals surface area (Å²) in [4.78, 5) is 0. The average molecular weight is 270 g/mol. The molecule has 0 bridgehead atoms. The Balaban J connectivity index is 4.11. The molecule has 0 heterocycles. The first kappa shape index (κ1) is 15.3. The standard InChI is InChI=1S/C9H23OPS2Si/c1-8(2)12-11(13-9(3)4)10-14(5,6)7/h8-9H,1-7H3. The van der Waals surface area contributed by atoms with Gasteiger partial charge in [-0.1, -0.05) is 50.5 Å². The molecular weight excluding hydrogens is 247 g/mol. The highest BCUT2D eigenvalue weighted by molar-refractivity contribution is 8.87. The predicted molar refractivity (Wildman–Crippen MR) is 76.8 cm³/mol. The topological polar surface area (TPSA) is 9.23 Å². The van der Waals surface area contributed by atoms with Crippen molar-refractivity contribution in [2.75, 3.05) is 0 Å². The SMILES string of the molecule is CC(C)SP(O[Si](C)(C)C)SC(C)C. The van der Waals surface area contributed by atoms with E-state index in [9.17, 15) is 0 Å². The van der Waals surface area contributed by atoms with Crippen LogP contribution in [0.25, 0.3) is 0 Å². The zero-order valence-corrected chi connectivity index (χ0v) is 13.9. The molecule has 0 aromatic rings. The Bertz CT molecular complexity index is 149. The molecule has 0 amide bonds. The van der Waals surface area contributed by atoms with Gasteiger partial charge in [-0.15, -0.1) is 0 Å². The normalized spacial score (nSPS) is 13.3. The first-order valence-corrected chi connectivity index (χ1v) is 12.7. The Kier molecular flexibility index (Phi) is 7.43. The van der Waals surface area contributed by atoms with E-state index in [1.54, 1.807) is 0 Å². The quantitative estimate of drug-likeness (QED) is 0.476. The highest BCUT2D eigenvalue weighted by atomic mass is 33.1. The van der Waals surface area contributed by atoms with Crippen molar-refractivity contribution in [3.8, 4) is 0 Å². The van der Waals surface area contributed by atoms with Gasteiger partial charge in [-0.3, -0.25) is 0 Å². The Hall–Kier alpha value is 1.31. The Labute approximate surface area is 99.6 Å². The summed E-state index contributed by atoms with van der Waals surface area (Å²) in [5.41, 5.74) is 0. The molecule has 0 aromatic carbocycles. The van der Waals surface area contributed by atoms with E-state index in [2.05, 4.69) is 47.3 Å². The van der Waals surface area contributed by atoms with E-state index in [1.165, 1.54) is 0 Å². The molecule has 86 valence electrons. The van der Waals surface area contributed by atoms with Gasteiger partial charge in [-0.25, -0.2) is 0 Å². The van der Waals surface area contributed by atoms with E-state index in [0.29, 0.717) is 10.5 Å². The molecule has 0 aromatic heterocycles. The van der Waals surface area contributed by atoms with Crippen LogP contribution in [0.3, 0.4) is 0 Å². The van der Waals surface area contributed by atoms with Crippen LogP contribution in [0.1, 0.15) is 27.7 Å². The van der Waals surface area contributed by atoms with Gasteiger partial charge in [0.25, 0.3) is 0 Å². The summed E-state index contributed by atoms with van der Waals surface area (Å²) in [5, 5.41) is 1.34. The van der Waals surface area contributed by atoms with E-state index in [1.807, 2.05) is 22.8 Å². The second kappa shape index (κ2) is 6.80. The van der Waals surface area contributed by atoms with Crippen molar-refractivity contribution in [3.05, 3.63) is 0 Å². The Morgan fingerprint density at radius 3 is 1.50 bits per heavy atom. The van der Waals surface area contributed by atoms with Crippen LogP contribution in [0.4, 0.5) is 0 Å². The molecule has 0 aliphatic rings. The maximum atomic E-state index is 6.19. The minimum absolute atomic E-state index is 0.333. The summed E-state index contributed by atoms with van der Waals surface area (Å²) < 4.78 is 6.19. The molecule has 0 saturated carbocycles. The zero-order chi connectivity index (χ0) is 11.4. The van der Waals surface area contributed by atoms with Gasteiger partial charge < -0.3 is 4.21 Å². The molecule has 5 heteroatoms.